The van der Waals surface area contributed by atoms with E-state index in [1.54, 1.807) is 4.31 Å². The van der Waals surface area contributed by atoms with Crippen LogP contribution in [0, 0.1) is 5.92 Å². The molecule has 0 amide bonds. The first-order valence-corrected chi connectivity index (χ1v) is 7.65. The maximum atomic E-state index is 11.6. The van der Waals surface area contributed by atoms with Crippen LogP contribution in [0.3, 0.4) is 0 Å². The van der Waals surface area contributed by atoms with Gasteiger partial charge in [-0.15, -0.1) is 0 Å². The molecule has 92 valence electrons. The van der Waals surface area contributed by atoms with Crippen molar-refractivity contribution in [2.45, 2.75) is 47.0 Å². The number of hydrogen-bond donors (Lipinski definition) is 0. The summed E-state index contributed by atoms with van der Waals surface area (Å²) in [5.41, 5.74) is 0. The highest BCUT2D eigenvalue weighted by Gasteiger charge is 2.25. The Balaban J connectivity index is 0.000000921. The fourth-order valence-electron chi connectivity index (χ4n) is 1.65. The number of piperidine rings is 1. The maximum Gasteiger partial charge on any atom is 0.214 e. The van der Waals surface area contributed by atoms with Crippen LogP contribution in [-0.4, -0.2) is 31.6 Å². The zero-order chi connectivity index (χ0) is 11.9. The third kappa shape index (κ3) is 4.98. The van der Waals surface area contributed by atoms with Crippen molar-refractivity contribution in [2.75, 3.05) is 18.8 Å². The molecule has 4 heteroatoms. The summed E-state index contributed by atoms with van der Waals surface area (Å²) in [6, 6.07) is 0. The number of hydrogen-bond acceptors (Lipinski definition) is 2. The Bertz CT molecular complexity index is 241. The van der Waals surface area contributed by atoms with E-state index in [-0.39, 0.29) is 0 Å². The van der Waals surface area contributed by atoms with Gasteiger partial charge in [-0.2, -0.15) is 0 Å². The molecule has 0 spiro atoms. The van der Waals surface area contributed by atoms with Gasteiger partial charge in [0.2, 0.25) is 10.0 Å². The van der Waals surface area contributed by atoms with E-state index in [1.165, 1.54) is 0 Å². The second kappa shape index (κ2) is 7.23. The number of nitrogens with zero attached hydrogens (tertiary/aromatic N) is 1. The van der Waals surface area contributed by atoms with Crippen molar-refractivity contribution in [2.24, 2.45) is 5.92 Å². The molecule has 0 aliphatic carbocycles. The predicted octanol–water partition coefficient (Wildman–Crippen LogP) is 2.48. The van der Waals surface area contributed by atoms with Gasteiger partial charge in [0.15, 0.2) is 0 Å². The van der Waals surface area contributed by atoms with Crippen LogP contribution in [-0.2, 0) is 10.0 Å². The maximum absolute atomic E-state index is 11.6. The average molecular weight is 235 g/mol. The van der Waals surface area contributed by atoms with Gasteiger partial charge < -0.3 is 0 Å². The van der Waals surface area contributed by atoms with Crippen molar-refractivity contribution in [1.82, 2.24) is 4.31 Å². The molecule has 0 aromatic carbocycles. The molecule has 0 aromatic heterocycles. The molecule has 3 nitrogen and oxygen atoms in total. The van der Waals surface area contributed by atoms with Crippen LogP contribution >= 0.6 is 0 Å². The lowest BCUT2D eigenvalue weighted by Crippen LogP contribution is -2.39. The van der Waals surface area contributed by atoms with E-state index in [1.807, 2.05) is 20.8 Å². The van der Waals surface area contributed by atoms with Crippen LogP contribution in [0.1, 0.15) is 47.0 Å². The summed E-state index contributed by atoms with van der Waals surface area (Å²) in [6.07, 6.45) is 2.75. The summed E-state index contributed by atoms with van der Waals surface area (Å²) in [4.78, 5) is 0. The van der Waals surface area contributed by atoms with Crippen molar-refractivity contribution in [3.8, 4) is 0 Å². The normalized spacial score (nSPS) is 19.5. The smallest absolute Gasteiger partial charge is 0.212 e. The molecule has 1 rings (SSSR count). The molecule has 1 saturated heterocycles. The van der Waals surface area contributed by atoms with Crippen LogP contribution < -0.4 is 0 Å². The van der Waals surface area contributed by atoms with E-state index in [9.17, 15) is 8.42 Å². The summed E-state index contributed by atoms with van der Waals surface area (Å²) in [7, 11) is -2.92. The van der Waals surface area contributed by atoms with Gasteiger partial charge in [0.05, 0.1) is 5.75 Å². The van der Waals surface area contributed by atoms with Gasteiger partial charge in [-0.05, 0) is 25.2 Å². The van der Waals surface area contributed by atoms with Crippen molar-refractivity contribution in [3.63, 3.8) is 0 Å². The van der Waals surface area contributed by atoms with Crippen molar-refractivity contribution >= 4 is 10.0 Å². The van der Waals surface area contributed by atoms with E-state index < -0.39 is 10.0 Å². The van der Waals surface area contributed by atoms with Crippen LogP contribution in [0.4, 0.5) is 0 Å². The zero-order valence-corrected chi connectivity index (χ0v) is 11.3. The highest BCUT2D eigenvalue weighted by Crippen LogP contribution is 2.18. The Kier molecular flexibility index (Phi) is 7.18. The minimum absolute atomic E-state index is 0.307. The highest BCUT2D eigenvalue weighted by molar-refractivity contribution is 7.89. The number of sulfonamides is 1. The summed E-state index contributed by atoms with van der Waals surface area (Å²) < 4.78 is 24.9. The van der Waals surface area contributed by atoms with Crippen molar-refractivity contribution < 1.29 is 8.42 Å². The van der Waals surface area contributed by atoms with Crippen LogP contribution in [0.5, 0.6) is 0 Å². The van der Waals surface area contributed by atoms with E-state index in [0.29, 0.717) is 18.1 Å². The van der Waals surface area contributed by atoms with E-state index in [4.69, 9.17) is 0 Å². The molecule has 1 fully saturated rings. The third-order valence-corrected chi connectivity index (χ3v) is 4.67. The fourth-order valence-corrected chi connectivity index (χ4v) is 3.19. The van der Waals surface area contributed by atoms with Gasteiger partial charge in [-0.25, -0.2) is 12.7 Å². The minimum Gasteiger partial charge on any atom is -0.212 e. The minimum atomic E-state index is -2.92. The zero-order valence-electron chi connectivity index (χ0n) is 10.5. The Morgan fingerprint density at radius 1 is 1.20 bits per heavy atom. The molecule has 0 aromatic rings. The molecule has 1 aliphatic heterocycles. The van der Waals surface area contributed by atoms with E-state index >= 15 is 0 Å². The molecule has 0 bridgehead atoms. The standard InChI is InChI=1S/C9H19NO2S.C2H6/c1-3-8-13(11,12)10-6-4-9(2)5-7-10;1-2/h9H,3-8H2,1-2H3;1-2H3. The van der Waals surface area contributed by atoms with Crippen LogP contribution in [0.15, 0.2) is 0 Å². The lowest BCUT2D eigenvalue weighted by molar-refractivity contribution is 0.288. The first kappa shape index (κ1) is 14.9. The van der Waals surface area contributed by atoms with Crippen LogP contribution in [0.25, 0.3) is 0 Å². The molecule has 0 atom stereocenters. The first-order valence-electron chi connectivity index (χ1n) is 6.04. The van der Waals surface area contributed by atoms with Gasteiger partial charge in [-0.3, -0.25) is 0 Å². The summed E-state index contributed by atoms with van der Waals surface area (Å²) >= 11 is 0. The molecular weight excluding hydrogens is 210 g/mol. The van der Waals surface area contributed by atoms with Gasteiger partial charge >= 0.3 is 0 Å². The Morgan fingerprint density at radius 2 is 1.67 bits per heavy atom. The number of rotatable bonds is 3. The second-order valence-corrected chi connectivity index (χ2v) is 5.99. The molecule has 0 saturated carbocycles. The second-order valence-electron chi connectivity index (χ2n) is 3.90. The lowest BCUT2D eigenvalue weighted by Gasteiger charge is -2.29. The van der Waals surface area contributed by atoms with Crippen LogP contribution in [0.2, 0.25) is 0 Å². The Labute approximate surface area is 94.9 Å². The lowest BCUT2D eigenvalue weighted by atomic mass is 10.0. The van der Waals surface area contributed by atoms with E-state index in [2.05, 4.69) is 6.92 Å². The van der Waals surface area contributed by atoms with E-state index in [0.717, 1.165) is 25.9 Å². The SMILES string of the molecule is CC.CCCS(=O)(=O)N1CCC(C)CC1. The van der Waals surface area contributed by atoms with Gasteiger partial charge in [0.1, 0.15) is 0 Å². The molecule has 15 heavy (non-hydrogen) atoms. The van der Waals surface area contributed by atoms with Gasteiger partial charge in [-0.1, -0.05) is 27.7 Å². The molecule has 0 N–H and O–H groups in total. The summed E-state index contributed by atoms with van der Waals surface area (Å²) in [5, 5.41) is 0. The highest BCUT2D eigenvalue weighted by atomic mass is 32.2. The third-order valence-electron chi connectivity index (χ3n) is 2.60. The molecule has 0 unspecified atom stereocenters. The molecule has 1 heterocycles. The fraction of sp³-hybridized carbons (Fsp3) is 1.00. The topological polar surface area (TPSA) is 37.4 Å². The predicted molar refractivity (Wildman–Crippen MR) is 65.4 cm³/mol. The summed E-state index contributed by atoms with van der Waals surface area (Å²) in [5.74, 6) is 0.995. The Morgan fingerprint density at radius 3 is 2.07 bits per heavy atom. The van der Waals surface area contributed by atoms with Gasteiger partial charge in [0.25, 0.3) is 0 Å². The molecule has 1 aliphatic rings. The molecular formula is C11H25NO2S. The average Bonchev–Trinajstić information content (AvgIpc) is 2.21. The molecule has 0 radical (unpaired) electrons. The van der Waals surface area contributed by atoms with Crippen molar-refractivity contribution in [1.29, 1.82) is 0 Å². The monoisotopic (exact) mass is 235 g/mol. The van der Waals surface area contributed by atoms with Gasteiger partial charge in [0, 0.05) is 13.1 Å². The summed E-state index contributed by atoms with van der Waals surface area (Å²) in [6.45, 7) is 9.54. The van der Waals surface area contributed by atoms with Crippen molar-refractivity contribution in [3.05, 3.63) is 0 Å². The quantitative estimate of drug-likeness (QED) is 0.753. The first-order chi connectivity index (χ1) is 7.06. The largest absolute Gasteiger partial charge is 0.214 e. The Hall–Kier alpha value is -0.0900.